The van der Waals surface area contributed by atoms with Gasteiger partial charge in [0.2, 0.25) is 5.91 Å². The highest BCUT2D eigenvalue weighted by atomic mass is 16.2. The van der Waals surface area contributed by atoms with Crippen LogP contribution < -0.4 is 10.6 Å². The largest absolute Gasteiger partial charge is 0.355 e. The van der Waals surface area contributed by atoms with Gasteiger partial charge in [-0.3, -0.25) is 9.48 Å². The van der Waals surface area contributed by atoms with E-state index >= 15 is 0 Å². The lowest BCUT2D eigenvalue weighted by Gasteiger charge is -2.25. The minimum absolute atomic E-state index is 0.0879. The number of aryl methyl sites for hydroxylation is 1. The predicted octanol–water partition coefficient (Wildman–Crippen LogP) is 1.10. The predicted molar refractivity (Wildman–Crippen MR) is 80.6 cm³/mol. The molecular formula is C16H20N4O. The second-order valence-electron chi connectivity index (χ2n) is 5.32. The van der Waals surface area contributed by atoms with Crippen LogP contribution in [0.15, 0.2) is 42.7 Å². The molecule has 0 aliphatic carbocycles. The topological polar surface area (TPSA) is 59.0 Å². The van der Waals surface area contributed by atoms with Gasteiger partial charge in [-0.05, 0) is 30.0 Å². The summed E-state index contributed by atoms with van der Waals surface area (Å²) >= 11 is 0. The van der Waals surface area contributed by atoms with Gasteiger partial charge in [0, 0.05) is 32.0 Å². The average molecular weight is 284 g/mol. The molecule has 0 fully saturated rings. The zero-order valence-electron chi connectivity index (χ0n) is 12.0. The number of nitrogens with one attached hydrogen (secondary N) is 2. The number of benzene rings is 1. The van der Waals surface area contributed by atoms with Crippen molar-refractivity contribution >= 4 is 5.91 Å². The van der Waals surface area contributed by atoms with Crippen molar-refractivity contribution in [1.82, 2.24) is 20.4 Å². The molecule has 1 atom stereocenters. The summed E-state index contributed by atoms with van der Waals surface area (Å²) < 4.78 is 1.88. The molecule has 0 saturated heterocycles. The first-order valence-electron chi connectivity index (χ1n) is 7.38. The first-order chi connectivity index (χ1) is 10.3. The van der Waals surface area contributed by atoms with Crippen LogP contribution in [0.5, 0.6) is 0 Å². The van der Waals surface area contributed by atoms with Crippen LogP contribution >= 0.6 is 0 Å². The molecule has 1 amide bonds. The molecule has 0 radical (unpaired) electrons. The van der Waals surface area contributed by atoms with Crippen molar-refractivity contribution in [2.45, 2.75) is 32.0 Å². The van der Waals surface area contributed by atoms with Crippen molar-refractivity contribution in [3.63, 3.8) is 0 Å². The highest BCUT2D eigenvalue weighted by Crippen LogP contribution is 2.16. The number of rotatable bonds is 5. The Morgan fingerprint density at radius 1 is 1.33 bits per heavy atom. The van der Waals surface area contributed by atoms with E-state index in [4.69, 9.17) is 0 Å². The van der Waals surface area contributed by atoms with Crippen molar-refractivity contribution in [3.05, 3.63) is 53.9 Å². The lowest BCUT2D eigenvalue weighted by Crippen LogP contribution is -2.47. The monoisotopic (exact) mass is 284 g/mol. The number of carbonyl (C=O) groups is 1. The number of aromatic nitrogens is 2. The van der Waals surface area contributed by atoms with E-state index in [2.05, 4.69) is 27.9 Å². The summed E-state index contributed by atoms with van der Waals surface area (Å²) in [5.74, 6) is 0.0879. The van der Waals surface area contributed by atoms with Gasteiger partial charge in [-0.25, -0.2) is 0 Å². The molecule has 110 valence electrons. The maximum absolute atomic E-state index is 12.2. The molecule has 2 heterocycles. The van der Waals surface area contributed by atoms with Crippen LogP contribution in [0.3, 0.4) is 0 Å². The Bertz CT molecular complexity index is 594. The van der Waals surface area contributed by atoms with Crippen LogP contribution in [-0.4, -0.2) is 28.3 Å². The summed E-state index contributed by atoms with van der Waals surface area (Å²) in [4.78, 5) is 12.2. The fraction of sp³-hybridized carbons (Fsp3) is 0.375. The molecule has 1 aliphatic heterocycles. The summed E-state index contributed by atoms with van der Waals surface area (Å²) in [7, 11) is 0. The second kappa shape index (κ2) is 6.54. The molecule has 21 heavy (non-hydrogen) atoms. The van der Waals surface area contributed by atoms with Gasteiger partial charge < -0.3 is 10.6 Å². The number of amides is 1. The van der Waals surface area contributed by atoms with Gasteiger partial charge in [0.1, 0.15) is 0 Å². The third-order valence-electron chi connectivity index (χ3n) is 3.82. The quantitative estimate of drug-likeness (QED) is 0.809. The summed E-state index contributed by atoms with van der Waals surface area (Å²) in [6.07, 6.45) is 5.35. The van der Waals surface area contributed by atoms with Crippen LogP contribution in [0, 0.1) is 0 Å². The van der Waals surface area contributed by atoms with Crippen LogP contribution in [0.2, 0.25) is 0 Å². The lowest BCUT2D eigenvalue weighted by molar-refractivity contribution is -0.123. The van der Waals surface area contributed by atoms with Gasteiger partial charge in [-0.15, -0.1) is 0 Å². The van der Waals surface area contributed by atoms with Gasteiger partial charge in [0.25, 0.3) is 0 Å². The molecule has 0 spiro atoms. The molecule has 2 aromatic rings. The first-order valence-corrected chi connectivity index (χ1v) is 7.38. The summed E-state index contributed by atoms with van der Waals surface area (Å²) in [5, 5.41) is 10.4. The van der Waals surface area contributed by atoms with Crippen molar-refractivity contribution in [3.8, 4) is 0 Å². The molecule has 5 nitrogen and oxygen atoms in total. The van der Waals surface area contributed by atoms with Gasteiger partial charge in [-0.1, -0.05) is 24.3 Å². The van der Waals surface area contributed by atoms with E-state index in [0.29, 0.717) is 6.54 Å². The standard InChI is InChI=1S/C16H20N4O/c21-16(17-7-3-9-20-10-4-8-19-20)15-11-13-5-1-2-6-14(13)12-18-15/h1-2,4-6,8,10,15,18H,3,7,9,11-12H2,(H,17,21). The molecular weight excluding hydrogens is 264 g/mol. The first kappa shape index (κ1) is 13.8. The number of nitrogens with zero attached hydrogens (tertiary/aromatic N) is 2. The fourth-order valence-corrected chi connectivity index (χ4v) is 2.65. The molecule has 0 bridgehead atoms. The van der Waals surface area contributed by atoms with Crippen LogP contribution in [0.1, 0.15) is 17.5 Å². The van der Waals surface area contributed by atoms with E-state index in [9.17, 15) is 4.79 Å². The Labute approximate surface area is 124 Å². The zero-order chi connectivity index (χ0) is 14.5. The summed E-state index contributed by atoms with van der Waals surface area (Å²) in [6.45, 7) is 2.27. The Morgan fingerprint density at radius 2 is 2.19 bits per heavy atom. The van der Waals surface area contributed by atoms with Gasteiger partial charge in [0.15, 0.2) is 0 Å². The maximum atomic E-state index is 12.2. The number of carbonyl (C=O) groups excluding carboxylic acids is 1. The molecule has 5 heteroatoms. The van der Waals surface area contributed by atoms with E-state index < -0.39 is 0 Å². The highest BCUT2D eigenvalue weighted by Gasteiger charge is 2.23. The third kappa shape index (κ3) is 3.49. The van der Waals surface area contributed by atoms with Crippen molar-refractivity contribution in [2.24, 2.45) is 0 Å². The third-order valence-corrected chi connectivity index (χ3v) is 3.82. The maximum Gasteiger partial charge on any atom is 0.237 e. The molecule has 0 saturated carbocycles. The number of hydrogen-bond acceptors (Lipinski definition) is 3. The summed E-state index contributed by atoms with van der Waals surface area (Å²) in [5.41, 5.74) is 2.56. The highest BCUT2D eigenvalue weighted by molar-refractivity contribution is 5.82. The fourth-order valence-electron chi connectivity index (χ4n) is 2.65. The van der Waals surface area contributed by atoms with E-state index in [1.165, 1.54) is 11.1 Å². The van der Waals surface area contributed by atoms with E-state index in [1.807, 2.05) is 29.1 Å². The van der Waals surface area contributed by atoms with Crippen molar-refractivity contribution in [2.75, 3.05) is 6.54 Å². The molecule has 1 aromatic carbocycles. The molecule has 1 aliphatic rings. The van der Waals surface area contributed by atoms with E-state index in [-0.39, 0.29) is 11.9 Å². The smallest absolute Gasteiger partial charge is 0.237 e. The molecule has 1 aromatic heterocycles. The molecule has 3 rings (SSSR count). The van der Waals surface area contributed by atoms with Crippen LogP contribution in [0.25, 0.3) is 0 Å². The Hall–Kier alpha value is -2.14. The minimum atomic E-state index is -0.121. The summed E-state index contributed by atoms with van der Waals surface area (Å²) in [6, 6.07) is 10.1. The Balaban J connectivity index is 1.44. The van der Waals surface area contributed by atoms with Crippen molar-refractivity contribution < 1.29 is 4.79 Å². The average Bonchev–Trinajstić information content (AvgIpc) is 3.04. The normalized spacial score (nSPS) is 17.2. The van der Waals surface area contributed by atoms with Gasteiger partial charge >= 0.3 is 0 Å². The van der Waals surface area contributed by atoms with Crippen LogP contribution in [-0.2, 0) is 24.3 Å². The van der Waals surface area contributed by atoms with Crippen LogP contribution in [0.4, 0.5) is 0 Å². The Kier molecular flexibility index (Phi) is 4.31. The van der Waals surface area contributed by atoms with E-state index in [0.717, 1.165) is 25.9 Å². The molecule has 2 N–H and O–H groups in total. The molecule has 1 unspecified atom stereocenters. The SMILES string of the molecule is O=C(NCCCn1cccn1)C1Cc2ccccc2CN1. The second-order valence-corrected chi connectivity index (χ2v) is 5.32. The minimum Gasteiger partial charge on any atom is -0.355 e. The van der Waals surface area contributed by atoms with Gasteiger partial charge in [0.05, 0.1) is 6.04 Å². The van der Waals surface area contributed by atoms with E-state index in [1.54, 1.807) is 6.20 Å². The number of fused-ring (bicyclic) bond motifs is 1. The van der Waals surface area contributed by atoms with Gasteiger partial charge in [-0.2, -0.15) is 5.10 Å². The Morgan fingerprint density at radius 3 is 3.00 bits per heavy atom. The zero-order valence-corrected chi connectivity index (χ0v) is 12.0. The van der Waals surface area contributed by atoms with Crippen molar-refractivity contribution in [1.29, 1.82) is 0 Å². The lowest BCUT2D eigenvalue weighted by atomic mass is 9.95. The number of hydrogen-bond donors (Lipinski definition) is 2.